The molecule has 0 radical (unpaired) electrons. The van der Waals surface area contributed by atoms with E-state index >= 15 is 0 Å². The van der Waals surface area contributed by atoms with E-state index in [1.54, 1.807) is 6.33 Å². The van der Waals surface area contributed by atoms with Crippen LogP contribution in [0.3, 0.4) is 0 Å². The minimum atomic E-state index is -0.175. The third-order valence-corrected chi connectivity index (χ3v) is 6.33. The number of hydrogen-bond acceptors (Lipinski definition) is 6. The number of unbranched alkanes of at least 4 members (excludes halogenated alkanes) is 1. The van der Waals surface area contributed by atoms with Crippen LogP contribution in [0.2, 0.25) is 0 Å². The number of ether oxygens (including phenoxy) is 1. The van der Waals surface area contributed by atoms with Crippen molar-refractivity contribution in [2.45, 2.75) is 53.0 Å². The molecule has 1 N–H and O–H groups in total. The van der Waals surface area contributed by atoms with Gasteiger partial charge in [0.1, 0.15) is 12.1 Å². The van der Waals surface area contributed by atoms with Crippen LogP contribution in [0.25, 0.3) is 11.0 Å². The van der Waals surface area contributed by atoms with Gasteiger partial charge in [-0.2, -0.15) is 5.10 Å². The van der Waals surface area contributed by atoms with Gasteiger partial charge in [-0.15, -0.1) is 0 Å². The Balaban J connectivity index is 1.75. The first-order valence-corrected chi connectivity index (χ1v) is 10.7. The van der Waals surface area contributed by atoms with Crippen molar-refractivity contribution in [2.24, 2.45) is 17.3 Å². The second-order valence-electron chi connectivity index (χ2n) is 8.96. The molecular weight excluding hydrogens is 354 g/mol. The monoisotopic (exact) mass is 387 g/mol. The molecule has 0 spiro atoms. The summed E-state index contributed by atoms with van der Waals surface area (Å²) in [5.74, 6) is 1.94. The topological polar surface area (TPSA) is 76.3 Å². The first-order chi connectivity index (χ1) is 13.6. The van der Waals surface area contributed by atoms with Crippen LogP contribution < -0.4 is 4.90 Å². The highest BCUT2D eigenvalue weighted by Gasteiger charge is 2.49. The van der Waals surface area contributed by atoms with Gasteiger partial charge in [-0.25, -0.2) is 14.6 Å². The van der Waals surface area contributed by atoms with Gasteiger partial charge >= 0.3 is 0 Å². The number of rotatable bonds is 7. The number of hydrogen-bond donors (Lipinski definition) is 1. The van der Waals surface area contributed by atoms with Crippen LogP contribution in [0.5, 0.6) is 0 Å². The van der Waals surface area contributed by atoms with E-state index in [-0.39, 0.29) is 12.0 Å². The normalized spacial score (nSPS) is 25.0. The van der Waals surface area contributed by atoms with E-state index in [2.05, 4.69) is 35.3 Å². The van der Waals surface area contributed by atoms with E-state index in [0.29, 0.717) is 18.4 Å². The van der Waals surface area contributed by atoms with Crippen LogP contribution >= 0.6 is 0 Å². The maximum Gasteiger partial charge on any atom is 0.163 e. The number of aromatic nitrogens is 4. The molecule has 7 heteroatoms. The number of anilines is 1. The van der Waals surface area contributed by atoms with Gasteiger partial charge in [0.2, 0.25) is 0 Å². The van der Waals surface area contributed by atoms with Crippen molar-refractivity contribution in [1.82, 2.24) is 19.7 Å². The highest BCUT2D eigenvalue weighted by molar-refractivity contribution is 5.90. The van der Waals surface area contributed by atoms with E-state index < -0.39 is 0 Å². The molecule has 7 nitrogen and oxygen atoms in total. The third-order valence-electron chi connectivity index (χ3n) is 6.33. The van der Waals surface area contributed by atoms with E-state index in [4.69, 9.17) is 14.8 Å². The lowest BCUT2D eigenvalue weighted by molar-refractivity contribution is -0.0543. The van der Waals surface area contributed by atoms with Crippen molar-refractivity contribution in [1.29, 1.82) is 0 Å². The zero-order valence-electron chi connectivity index (χ0n) is 17.4. The van der Waals surface area contributed by atoms with Gasteiger partial charge in [0.25, 0.3) is 0 Å². The molecule has 0 amide bonds. The van der Waals surface area contributed by atoms with Gasteiger partial charge in [-0.1, -0.05) is 27.2 Å². The molecule has 0 aliphatic carbocycles. The summed E-state index contributed by atoms with van der Waals surface area (Å²) in [5, 5.41) is 16.2. The van der Waals surface area contributed by atoms with Crippen LogP contribution in [0.4, 0.5) is 5.82 Å². The second-order valence-corrected chi connectivity index (χ2v) is 8.96. The fraction of sp³-hybridized carbons (Fsp3) is 0.762. The summed E-state index contributed by atoms with van der Waals surface area (Å²) in [4.78, 5) is 11.7. The quantitative estimate of drug-likeness (QED) is 0.787. The fourth-order valence-corrected chi connectivity index (χ4v) is 4.78. The molecule has 2 aromatic rings. The Morgan fingerprint density at radius 1 is 1.36 bits per heavy atom. The van der Waals surface area contributed by atoms with E-state index in [1.807, 2.05) is 0 Å². The average molecular weight is 388 g/mol. The van der Waals surface area contributed by atoms with Crippen molar-refractivity contribution in [3.8, 4) is 0 Å². The zero-order chi connectivity index (χ0) is 19.7. The molecule has 2 fully saturated rings. The minimum Gasteiger partial charge on any atom is -0.396 e. The summed E-state index contributed by atoms with van der Waals surface area (Å²) < 4.78 is 7.80. The molecule has 0 bridgehead atoms. The van der Waals surface area contributed by atoms with Gasteiger partial charge in [-0.3, -0.25) is 0 Å². The lowest BCUT2D eigenvalue weighted by Gasteiger charge is -2.36. The fourth-order valence-electron chi connectivity index (χ4n) is 4.78. The predicted octanol–water partition coefficient (Wildman–Crippen LogP) is 2.66. The number of fused-ring (bicyclic) bond motifs is 2. The van der Waals surface area contributed by atoms with Crippen LogP contribution in [-0.4, -0.2) is 57.8 Å². The van der Waals surface area contributed by atoms with E-state index in [9.17, 15) is 5.11 Å². The Morgan fingerprint density at radius 3 is 2.93 bits per heavy atom. The standard InChI is InChI=1S/C21H33N5O2/c1-4-5-7-26-20-18(17(24-26)9-15(2)3)19(22-14-23-20)25-10-16-6-8-28-13-21(16,11-25)12-27/h14-16,27H,4-13H2,1-3H3/t16-,21+/m0/s1. The summed E-state index contributed by atoms with van der Waals surface area (Å²) >= 11 is 0. The van der Waals surface area contributed by atoms with Crippen LogP contribution in [0.1, 0.15) is 45.7 Å². The van der Waals surface area contributed by atoms with Gasteiger partial charge in [-0.05, 0) is 31.1 Å². The molecule has 2 aliphatic heterocycles. The Morgan fingerprint density at radius 2 is 2.21 bits per heavy atom. The molecule has 2 saturated heterocycles. The highest BCUT2D eigenvalue weighted by atomic mass is 16.5. The molecule has 28 heavy (non-hydrogen) atoms. The average Bonchev–Trinajstić information content (AvgIpc) is 3.25. The molecule has 0 aromatic carbocycles. The summed E-state index contributed by atoms with van der Waals surface area (Å²) in [5.41, 5.74) is 1.87. The molecular formula is C21H33N5O2. The second kappa shape index (κ2) is 7.95. The zero-order valence-corrected chi connectivity index (χ0v) is 17.4. The Hall–Kier alpha value is -1.73. The number of aliphatic hydroxyl groups excluding tert-OH is 1. The summed E-state index contributed by atoms with van der Waals surface area (Å²) in [7, 11) is 0. The predicted molar refractivity (Wildman–Crippen MR) is 109 cm³/mol. The van der Waals surface area contributed by atoms with Gasteiger partial charge in [0.05, 0.1) is 24.3 Å². The highest BCUT2D eigenvalue weighted by Crippen LogP contribution is 2.43. The molecule has 0 unspecified atom stereocenters. The van der Waals surface area contributed by atoms with E-state index in [1.165, 1.54) is 0 Å². The number of aliphatic hydroxyl groups is 1. The third kappa shape index (κ3) is 3.39. The van der Waals surface area contributed by atoms with Crippen LogP contribution in [0, 0.1) is 17.3 Å². The molecule has 4 heterocycles. The van der Waals surface area contributed by atoms with Gasteiger partial charge in [0.15, 0.2) is 5.65 Å². The summed E-state index contributed by atoms with van der Waals surface area (Å²) in [6.07, 6.45) is 5.81. The molecule has 2 atom stereocenters. The van der Waals surface area contributed by atoms with Crippen molar-refractivity contribution in [3.05, 3.63) is 12.0 Å². The minimum absolute atomic E-state index is 0.164. The van der Waals surface area contributed by atoms with Crippen LogP contribution in [-0.2, 0) is 17.7 Å². The van der Waals surface area contributed by atoms with Crippen LogP contribution in [0.15, 0.2) is 6.33 Å². The van der Waals surface area contributed by atoms with Gasteiger partial charge in [0, 0.05) is 31.7 Å². The van der Waals surface area contributed by atoms with E-state index in [0.717, 1.165) is 74.5 Å². The SMILES string of the molecule is CCCCn1nc(CC(C)C)c2c(N3C[C@@H]4CCOC[C@]4(CO)C3)ncnc21. The Bertz CT molecular complexity index is 820. The maximum atomic E-state index is 10.1. The first-order valence-electron chi connectivity index (χ1n) is 10.7. The molecule has 154 valence electrons. The van der Waals surface area contributed by atoms with Gasteiger partial charge < -0.3 is 14.7 Å². The summed E-state index contributed by atoms with van der Waals surface area (Å²) in [6, 6.07) is 0. The van der Waals surface area contributed by atoms with Crippen molar-refractivity contribution in [2.75, 3.05) is 37.8 Å². The summed E-state index contributed by atoms with van der Waals surface area (Å²) in [6.45, 7) is 10.8. The molecule has 2 aliphatic rings. The first kappa shape index (κ1) is 19.6. The smallest absolute Gasteiger partial charge is 0.163 e. The number of aryl methyl sites for hydroxylation is 1. The lowest BCUT2D eigenvalue weighted by Crippen LogP contribution is -2.43. The van der Waals surface area contributed by atoms with Crippen molar-refractivity contribution < 1.29 is 9.84 Å². The largest absolute Gasteiger partial charge is 0.396 e. The van der Waals surface area contributed by atoms with Crippen molar-refractivity contribution in [3.63, 3.8) is 0 Å². The molecule has 4 rings (SSSR count). The molecule has 0 saturated carbocycles. The molecule has 2 aromatic heterocycles. The Kier molecular flexibility index (Phi) is 5.56. The number of nitrogens with zero attached hydrogens (tertiary/aromatic N) is 5. The maximum absolute atomic E-state index is 10.1. The lowest BCUT2D eigenvalue weighted by atomic mass is 9.76. The van der Waals surface area contributed by atoms with Crippen molar-refractivity contribution >= 4 is 16.9 Å². The Labute approximate surface area is 167 Å².